The molecule has 3 heteroatoms. The summed E-state index contributed by atoms with van der Waals surface area (Å²) in [4.78, 5) is 2.61. The van der Waals surface area contributed by atoms with E-state index in [0.717, 1.165) is 24.5 Å². The van der Waals surface area contributed by atoms with Crippen LogP contribution >= 0.6 is 15.9 Å². The lowest BCUT2D eigenvalue weighted by Gasteiger charge is -2.29. The van der Waals surface area contributed by atoms with E-state index in [0.29, 0.717) is 0 Å². The molecule has 0 bridgehead atoms. The molecule has 15 heavy (non-hydrogen) atoms. The zero-order valence-corrected chi connectivity index (χ0v) is 11.5. The van der Waals surface area contributed by atoms with Gasteiger partial charge in [-0.25, -0.2) is 0 Å². The number of unbranched alkanes of at least 4 members (excludes halogenated alkanes) is 1. The summed E-state index contributed by atoms with van der Waals surface area (Å²) >= 11 is 3.54. The van der Waals surface area contributed by atoms with Crippen molar-refractivity contribution in [1.29, 1.82) is 0 Å². The molecule has 0 aromatic rings. The minimum Gasteiger partial charge on any atom is -0.381 e. The number of ether oxygens (including phenoxy) is 1. The molecule has 0 atom stereocenters. The fourth-order valence-electron chi connectivity index (χ4n) is 2.09. The monoisotopic (exact) mass is 277 g/mol. The van der Waals surface area contributed by atoms with Gasteiger partial charge in [0.1, 0.15) is 0 Å². The van der Waals surface area contributed by atoms with Gasteiger partial charge in [-0.3, -0.25) is 0 Å². The van der Waals surface area contributed by atoms with Crippen LogP contribution in [0.5, 0.6) is 0 Å². The first-order valence-corrected chi connectivity index (χ1v) is 7.35. The summed E-state index contributed by atoms with van der Waals surface area (Å²) in [6, 6.07) is 0. The summed E-state index contributed by atoms with van der Waals surface area (Å²) in [5.74, 6) is 0.870. The first kappa shape index (κ1) is 13.5. The van der Waals surface area contributed by atoms with Crippen molar-refractivity contribution >= 4 is 15.9 Å². The van der Waals surface area contributed by atoms with Crippen molar-refractivity contribution in [2.45, 2.75) is 32.6 Å². The molecule has 0 amide bonds. The molecule has 0 N–H and O–H groups in total. The quantitative estimate of drug-likeness (QED) is 0.664. The number of hydrogen-bond acceptors (Lipinski definition) is 2. The molecule has 0 radical (unpaired) electrons. The highest BCUT2D eigenvalue weighted by molar-refractivity contribution is 9.09. The predicted molar refractivity (Wildman–Crippen MR) is 68.7 cm³/mol. The van der Waals surface area contributed by atoms with Gasteiger partial charge in [0.15, 0.2) is 0 Å². The van der Waals surface area contributed by atoms with Crippen LogP contribution in [0.1, 0.15) is 32.6 Å². The third-order valence-corrected chi connectivity index (χ3v) is 3.44. The fourth-order valence-corrected chi connectivity index (χ4v) is 2.59. The van der Waals surface area contributed by atoms with Crippen molar-refractivity contribution in [3.63, 3.8) is 0 Å². The first-order valence-electron chi connectivity index (χ1n) is 6.23. The third kappa shape index (κ3) is 5.88. The summed E-state index contributed by atoms with van der Waals surface area (Å²) in [5, 5.41) is 1.10. The van der Waals surface area contributed by atoms with Crippen LogP contribution in [0, 0.1) is 5.92 Å². The van der Waals surface area contributed by atoms with E-state index in [4.69, 9.17) is 4.74 Å². The molecule has 1 heterocycles. The fraction of sp³-hybridized carbons (Fsp3) is 1.00. The van der Waals surface area contributed by atoms with Crippen molar-refractivity contribution in [3.05, 3.63) is 0 Å². The van der Waals surface area contributed by atoms with E-state index < -0.39 is 0 Å². The summed E-state index contributed by atoms with van der Waals surface area (Å²) in [5.41, 5.74) is 0. The molecule has 1 aliphatic rings. The van der Waals surface area contributed by atoms with Crippen LogP contribution in [0.15, 0.2) is 0 Å². The minimum atomic E-state index is 0.870. The number of nitrogens with zero attached hydrogens (tertiary/aromatic N) is 1. The summed E-state index contributed by atoms with van der Waals surface area (Å²) in [6.07, 6.45) is 5.14. The lowest BCUT2D eigenvalue weighted by Crippen LogP contribution is -2.34. The Morgan fingerprint density at radius 2 is 2.00 bits per heavy atom. The molecule has 0 aromatic heterocycles. The highest BCUT2D eigenvalue weighted by Crippen LogP contribution is 2.16. The number of rotatable bonds is 7. The van der Waals surface area contributed by atoms with Gasteiger partial charge in [-0.05, 0) is 31.7 Å². The van der Waals surface area contributed by atoms with E-state index in [1.807, 2.05) is 0 Å². The van der Waals surface area contributed by atoms with Crippen molar-refractivity contribution in [2.24, 2.45) is 5.92 Å². The van der Waals surface area contributed by atoms with Gasteiger partial charge in [-0.15, -0.1) is 0 Å². The van der Waals surface area contributed by atoms with E-state index in [2.05, 4.69) is 27.8 Å². The van der Waals surface area contributed by atoms with Crippen LogP contribution in [0.25, 0.3) is 0 Å². The van der Waals surface area contributed by atoms with Crippen molar-refractivity contribution < 1.29 is 4.74 Å². The van der Waals surface area contributed by atoms with Crippen LogP contribution in [0.2, 0.25) is 0 Å². The molecule has 1 fully saturated rings. The lowest BCUT2D eigenvalue weighted by molar-refractivity contribution is 0.0532. The largest absolute Gasteiger partial charge is 0.381 e. The van der Waals surface area contributed by atoms with E-state index >= 15 is 0 Å². The molecule has 1 aliphatic heterocycles. The first-order chi connectivity index (χ1) is 7.36. The van der Waals surface area contributed by atoms with Crippen molar-refractivity contribution in [3.8, 4) is 0 Å². The van der Waals surface area contributed by atoms with E-state index in [1.165, 1.54) is 45.3 Å². The molecular formula is C12H24BrNO. The molecule has 0 aliphatic carbocycles. The van der Waals surface area contributed by atoms with Crippen LogP contribution in [-0.4, -0.2) is 43.1 Å². The topological polar surface area (TPSA) is 12.5 Å². The van der Waals surface area contributed by atoms with E-state index in [1.54, 1.807) is 0 Å². The van der Waals surface area contributed by atoms with Gasteiger partial charge < -0.3 is 9.64 Å². The maximum Gasteiger partial charge on any atom is 0.0469 e. The Morgan fingerprint density at radius 1 is 1.27 bits per heavy atom. The second-order valence-corrected chi connectivity index (χ2v) is 5.19. The molecule has 2 nitrogen and oxygen atoms in total. The average Bonchev–Trinajstić information content (AvgIpc) is 2.28. The molecule has 0 aromatic carbocycles. The zero-order chi connectivity index (χ0) is 10.9. The molecular weight excluding hydrogens is 254 g/mol. The standard InChI is InChI=1S/C12H24BrNO/c1-2-3-7-14(8-6-13)11-12-4-9-15-10-5-12/h12H,2-11H2,1H3. The van der Waals surface area contributed by atoms with Gasteiger partial charge in [0.05, 0.1) is 0 Å². The Kier molecular flexibility index (Phi) is 7.67. The maximum absolute atomic E-state index is 5.39. The van der Waals surface area contributed by atoms with E-state index in [9.17, 15) is 0 Å². The van der Waals surface area contributed by atoms with Gasteiger partial charge in [0, 0.05) is 31.6 Å². The predicted octanol–water partition coefficient (Wildman–Crippen LogP) is 2.91. The van der Waals surface area contributed by atoms with Gasteiger partial charge in [-0.1, -0.05) is 29.3 Å². The summed E-state index contributed by atoms with van der Waals surface area (Å²) in [6.45, 7) is 7.94. The van der Waals surface area contributed by atoms with Crippen molar-refractivity contribution in [1.82, 2.24) is 4.90 Å². The highest BCUT2D eigenvalue weighted by Gasteiger charge is 2.16. The third-order valence-electron chi connectivity index (χ3n) is 3.09. The van der Waals surface area contributed by atoms with Gasteiger partial charge in [0.25, 0.3) is 0 Å². The van der Waals surface area contributed by atoms with Crippen molar-refractivity contribution in [2.75, 3.05) is 38.2 Å². The van der Waals surface area contributed by atoms with Gasteiger partial charge in [-0.2, -0.15) is 0 Å². The molecule has 90 valence electrons. The zero-order valence-electron chi connectivity index (χ0n) is 9.88. The van der Waals surface area contributed by atoms with Crippen LogP contribution in [0.3, 0.4) is 0 Å². The SMILES string of the molecule is CCCCN(CCBr)CC1CCOCC1. The smallest absolute Gasteiger partial charge is 0.0469 e. The highest BCUT2D eigenvalue weighted by atomic mass is 79.9. The Morgan fingerprint density at radius 3 is 2.60 bits per heavy atom. The Balaban J connectivity index is 2.21. The number of hydrogen-bond donors (Lipinski definition) is 0. The molecule has 1 saturated heterocycles. The van der Waals surface area contributed by atoms with Crippen LogP contribution in [-0.2, 0) is 4.74 Å². The van der Waals surface area contributed by atoms with Crippen LogP contribution in [0.4, 0.5) is 0 Å². The lowest BCUT2D eigenvalue weighted by atomic mass is 9.99. The molecule has 1 rings (SSSR count). The summed E-state index contributed by atoms with van der Waals surface area (Å²) in [7, 11) is 0. The number of alkyl halides is 1. The Labute approximate surface area is 102 Å². The molecule has 0 spiro atoms. The molecule has 0 saturated carbocycles. The average molecular weight is 278 g/mol. The normalized spacial score (nSPS) is 18.6. The second kappa shape index (κ2) is 8.54. The minimum absolute atomic E-state index is 0.870. The Hall–Kier alpha value is 0.400. The van der Waals surface area contributed by atoms with Crippen LogP contribution < -0.4 is 0 Å². The van der Waals surface area contributed by atoms with E-state index in [-0.39, 0.29) is 0 Å². The Bertz CT molecular complexity index is 149. The van der Waals surface area contributed by atoms with Gasteiger partial charge in [0.2, 0.25) is 0 Å². The van der Waals surface area contributed by atoms with Gasteiger partial charge >= 0.3 is 0 Å². The summed E-state index contributed by atoms with van der Waals surface area (Å²) < 4.78 is 5.39. The second-order valence-electron chi connectivity index (χ2n) is 4.40. The maximum atomic E-state index is 5.39. The number of halogens is 1. The molecule has 0 unspecified atom stereocenters.